The Morgan fingerprint density at radius 1 is 1.00 bits per heavy atom. The summed E-state index contributed by atoms with van der Waals surface area (Å²) in [7, 11) is -1.80. The highest BCUT2D eigenvalue weighted by Gasteiger charge is 2.23. The van der Waals surface area contributed by atoms with Crippen LogP contribution in [0.15, 0.2) is 76.6 Å². The summed E-state index contributed by atoms with van der Waals surface area (Å²) in [5.41, 5.74) is 4.66. The molecule has 1 amide bonds. The normalized spacial score (nSPS) is 12.6. The molecule has 1 aromatic heterocycles. The van der Waals surface area contributed by atoms with Crippen molar-refractivity contribution >= 4 is 37.5 Å². The number of carbonyl (C=O) groups is 1. The fourth-order valence-corrected chi connectivity index (χ4v) is 6.24. The van der Waals surface area contributed by atoms with Crippen LogP contribution in [-0.4, -0.2) is 29.7 Å². The lowest BCUT2D eigenvalue weighted by Gasteiger charge is -2.20. The molecule has 1 heterocycles. The third-order valence-corrected chi connectivity index (χ3v) is 8.95. The van der Waals surface area contributed by atoms with Crippen LogP contribution < -0.4 is 4.80 Å². The molecule has 0 spiro atoms. The molecule has 0 aliphatic rings. The van der Waals surface area contributed by atoms with Crippen molar-refractivity contribution < 1.29 is 13.2 Å². The number of hydrogen-bond donors (Lipinski definition) is 0. The zero-order valence-corrected chi connectivity index (χ0v) is 21.3. The molecule has 0 fully saturated rings. The Bertz CT molecular complexity index is 1520. The number of aryl methyl sites for hydroxylation is 3. The minimum atomic E-state index is -3.69. The molecule has 34 heavy (non-hydrogen) atoms. The van der Waals surface area contributed by atoms with Crippen LogP contribution in [0.3, 0.4) is 0 Å². The van der Waals surface area contributed by atoms with Gasteiger partial charge < -0.3 is 4.57 Å². The van der Waals surface area contributed by atoms with Gasteiger partial charge in [-0.2, -0.15) is 9.30 Å². The second kappa shape index (κ2) is 9.66. The maximum atomic E-state index is 13.2. The number of fused-ring (bicyclic) bond motifs is 1. The van der Waals surface area contributed by atoms with E-state index in [-0.39, 0.29) is 11.4 Å². The number of aromatic nitrogens is 1. The fourth-order valence-electron chi connectivity index (χ4n) is 3.71. The topological polar surface area (TPSA) is 71.7 Å². The number of sulfonamides is 1. The summed E-state index contributed by atoms with van der Waals surface area (Å²) in [5, 5.41) is 0. The largest absolute Gasteiger partial charge is 0.319 e. The van der Waals surface area contributed by atoms with E-state index in [0.29, 0.717) is 16.9 Å². The molecule has 6 nitrogen and oxygen atoms in total. The standard InChI is InChI=1S/C26H27N3O3S2/c1-5-29(17-20-9-7-6-8-10-20)34(31,32)22-13-11-21(12-14-22)25(30)27-26-28(4)23-15-18(2)19(3)16-24(23)33-26/h6-16H,5,17H2,1-4H3. The van der Waals surface area contributed by atoms with Gasteiger partial charge in [0.2, 0.25) is 10.0 Å². The number of amides is 1. The van der Waals surface area contributed by atoms with Gasteiger partial charge in [-0.15, -0.1) is 0 Å². The predicted molar refractivity (Wildman–Crippen MR) is 136 cm³/mol. The Labute approximate surface area is 203 Å². The predicted octanol–water partition coefficient (Wildman–Crippen LogP) is 4.81. The van der Waals surface area contributed by atoms with Gasteiger partial charge in [-0.25, -0.2) is 8.42 Å². The van der Waals surface area contributed by atoms with Crippen molar-refractivity contribution in [2.45, 2.75) is 32.2 Å². The molecule has 3 aromatic carbocycles. The maximum absolute atomic E-state index is 13.2. The highest BCUT2D eigenvalue weighted by Crippen LogP contribution is 2.22. The Balaban J connectivity index is 1.60. The monoisotopic (exact) mass is 493 g/mol. The van der Waals surface area contributed by atoms with E-state index in [9.17, 15) is 13.2 Å². The first kappa shape index (κ1) is 24.1. The first-order valence-electron chi connectivity index (χ1n) is 11.0. The smallest absolute Gasteiger partial charge is 0.279 e. The molecule has 0 bridgehead atoms. The first-order valence-corrected chi connectivity index (χ1v) is 13.3. The summed E-state index contributed by atoms with van der Waals surface area (Å²) in [4.78, 5) is 17.9. The summed E-state index contributed by atoms with van der Waals surface area (Å²) in [6.07, 6.45) is 0. The molecule has 0 radical (unpaired) electrons. The number of thiazole rings is 1. The summed E-state index contributed by atoms with van der Waals surface area (Å²) in [5.74, 6) is -0.406. The Morgan fingerprint density at radius 3 is 2.29 bits per heavy atom. The van der Waals surface area contributed by atoms with Crippen LogP contribution in [0.2, 0.25) is 0 Å². The Hall–Kier alpha value is -3.07. The minimum absolute atomic E-state index is 0.153. The summed E-state index contributed by atoms with van der Waals surface area (Å²) in [6.45, 7) is 6.56. The van der Waals surface area contributed by atoms with Gasteiger partial charge >= 0.3 is 0 Å². The molecule has 4 aromatic rings. The number of carbonyl (C=O) groups excluding carboxylic acids is 1. The van der Waals surface area contributed by atoms with Gasteiger partial charge in [-0.1, -0.05) is 48.6 Å². The van der Waals surface area contributed by atoms with Crippen molar-refractivity contribution in [3.63, 3.8) is 0 Å². The average molecular weight is 494 g/mol. The molecule has 8 heteroatoms. The molecule has 0 saturated heterocycles. The molecule has 0 aliphatic carbocycles. The molecule has 0 aliphatic heterocycles. The van der Waals surface area contributed by atoms with E-state index in [1.165, 1.54) is 51.0 Å². The zero-order valence-electron chi connectivity index (χ0n) is 19.6. The van der Waals surface area contributed by atoms with Gasteiger partial charge in [-0.3, -0.25) is 4.79 Å². The van der Waals surface area contributed by atoms with Crippen LogP contribution in [0, 0.1) is 13.8 Å². The SMILES string of the molecule is CCN(Cc1ccccc1)S(=O)(=O)c1ccc(C(=O)N=c2sc3cc(C)c(C)cc3n2C)cc1. The third-order valence-electron chi connectivity index (χ3n) is 5.92. The van der Waals surface area contributed by atoms with E-state index in [2.05, 4.69) is 31.0 Å². The molecular formula is C26H27N3O3S2. The summed E-state index contributed by atoms with van der Waals surface area (Å²) < 4.78 is 30.7. The second-order valence-corrected chi connectivity index (χ2v) is 11.2. The van der Waals surface area contributed by atoms with E-state index < -0.39 is 15.9 Å². The van der Waals surface area contributed by atoms with Crippen molar-refractivity contribution in [2.24, 2.45) is 12.0 Å². The molecule has 0 unspecified atom stereocenters. The van der Waals surface area contributed by atoms with Crippen molar-refractivity contribution in [1.82, 2.24) is 8.87 Å². The van der Waals surface area contributed by atoms with E-state index in [4.69, 9.17) is 0 Å². The summed E-state index contributed by atoms with van der Waals surface area (Å²) >= 11 is 1.46. The van der Waals surface area contributed by atoms with Crippen LogP contribution in [-0.2, 0) is 23.6 Å². The van der Waals surface area contributed by atoms with Gasteiger partial charge in [0.1, 0.15) is 0 Å². The van der Waals surface area contributed by atoms with Gasteiger partial charge in [0.25, 0.3) is 5.91 Å². The molecule has 0 N–H and O–H groups in total. The Kier molecular flexibility index (Phi) is 6.84. The molecule has 0 atom stereocenters. The fraction of sp³-hybridized carbons (Fsp3) is 0.231. The maximum Gasteiger partial charge on any atom is 0.279 e. The average Bonchev–Trinajstić information content (AvgIpc) is 3.12. The lowest BCUT2D eigenvalue weighted by Crippen LogP contribution is -2.30. The van der Waals surface area contributed by atoms with Crippen LogP contribution in [0.4, 0.5) is 0 Å². The van der Waals surface area contributed by atoms with Crippen molar-refractivity contribution in [3.8, 4) is 0 Å². The van der Waals surface area contributed by atoms with Gasteiger partial charge in [-0.05, 0) is 66.9 Å². The van der Waals surface area contributed by atoms with Crippen molar-refractivity contribution in [1.29, 1.82) is 0 Å². The van der Waals surface area contributed by atoms with Crippen LogP contribution in [0.25, 0.3) is 10.2 Å². The lowest BCUT2D eigenvalue weighted by molar-refractivity contribution is 0.0998. The number of nitrogens with zero attached hydrogens (tertiary/aromatic N) is 3. The van der Waals surface area contributed by atoms with Crippen molar-refractivity contribution in [2.75, 3.05) is 6.54 Å². The minimum Gasteiger partial charge on any atom is -0.319 e. The quantitative estimate of drug-likeness (QED) is 0.387. The molecule has 4 rings (SSSR count). The molecule has 176 valence electrons. The van der Waals surface area contributed by atoms with Crippen LogP contribution in [0.5, 0.6) is 0 Å². The number of rotatable bonds is 6. The van der Waals surface area contributed by atoms with Crippen LogP contribution >= 0.6 is 11.3 Å². The van der Waals surface area contributed by atoms with Gasteiger partial charge in [0, 0.05) is 25.7 Å². The van der Waals surface area contributed by atoms with E-state index in [0.717, 1.165) is 15.8 Å². The van der Waals surface area contributed by atoms with E-state index in [1.807, 2.05) is 48.9 Å². The zero-order chi connectivity index (χ0) is 24.5. The number of hydrogen-bond acceptors (Lipinski definition) is 4. The highest BCUT2D eigenvalue weighted by atomic mass is 32.2. The second-order valence-electron chi connectivity index (χ2n) is 8.21. The molecule has 0 saturated carbocycles. The van der Waals surface area contributed by atoms with Gasteiger partial charge in [0.05, 0.1) is 15.1 Å². The van der Waals surface area contributed by atoms with Gasteiger partial charge in [0.15, 0.2) is 4.80 Å². The third kappa shape index (κ3) is 4.75. The highest BCUT2D eigenvalue weighted by molar-refractivity contribution is 7.89. The Morgan fingerprint density at radius 2 is 1.65 bits per heavy atom. The molecular weight excluding hydrogens is 466 g/mol. The van der Waals surface area contributed by atoms with Crippen molar-refractivity contribution in [3.05, 3.63) is 93.8 Å². The van der Waals surface area contributed by atoms with Crippen LogP contribution in [0.1, 0.15) is 34.0 Å². The first-order chi connectivity index (χ1) is 16.2. The summed E-state index contributed by atoms with van der Waals surface area (Å²) in [6, 6.07) is 19.7. The van der Waals surface area contributed by atoms with E-state index >= 15 is 0 Å². The lowest BCUT2D eigenvalue weighted by atomic mass is 10.1. The number of benzene rings is 3. The van der Waals surface area contributed by atoms with E-state index in [1.54, 1.807) is 0 Å².